The normalized spacial score (nSPS) is 14.4. The molecule has 12 heteroatoms. The van der Waals surface area contributed by atoms with Crippen molar-refractivity contribution in [1.29, 1.82) is 0 Å². The van der Waals surface area contributed by atoms with E-state index in [0.717, 1.165) is 17.0 Å². The molecule has 38 heavy (non-hydrogen) atoms. The van der Waals surface area contributed by atoms with E-state index >= 15 is 0 Å². The van der Waals surface area contributed by atoms with Gasteiger partial charge >= 0.3 is 6.03 Å². The van der Waals surface area contributed by atoms with Crippen LogP contribution in [0.3, 0.4) is 0 Å². The van der Waals surface area contributed by atoms with E-state index in [1.165, 1.54) is 37.5 Å². The molecule has 0 spiro atoms. The number of hydrogen-bond donors (Lipinski definition) is 2. The molecule has 1 heterocycles. The minimum absolute atomic E-state index is 0.0878. The molecule has 0 aliphatic carbocycles. The fourth-order valence-corrected chi connectivity index (χ4v) is 4.26. The van der Waals surface area contributed by atoms with Crippen molar-refractivity contribution in [3.63, 3.8) is 0 Å². The van der Waals surface area contributed by atoms with Gasteiger partial charge in [-0.2, -0.15) is 0 Å². The van der Waals surface area contributed by atoms with Crippen LogP contribution in [-0.2, 0) is 14.4 Å². The lowest BCUT2D eigenvalue weighted by atomic mass is 10.1. The Labute approximate surface area is 229 Å². The van der Waals surface area contributed by atoms with E-state index in [1.807, 2.05) is 0 Å². The van der Waals surface area contributed by atoms with Gasteiger partial charge in [-0.3, -0.25) is 19.7 Å². The summed E-state index contributed by atoms with van der Waals surface area (Å²) in [6, 6.07) is 13.5. The summed E-state index contributed by atoms with van der Waals surface area (Å²) < 4.78 is 24.7. The van der Waals surface area contributed by atoms with Gasteiger partial charge in [0.1, 0.15) is 11.4 Å². The van der Waals surface area contributed by atoms with E-state index in [1.54, 1.807) is 24.3 Å². The number of methoxy groups -OCH3 is 1. The molecule has 1 aliphatic heterocycles. The Bertz CT molecular complexity index is 1480. The van der Waals surface area contributed by atoms with Gasteiger partial charge in [-0.15, -0.1) is 0 Å². The van der Waals surface area contributed by atoms with Crippen molar-refractivity contribution >= 4 is 68.7 Å². The molecule has 0 atom stereocenters. The number of imide groups is 2. The van der Waals surface area contributed by atoms with Gasteiger partial charge in [0.25, 0.3) is 17.7 Å². The zero-order valence-corrected chi connectivity index (χ0v) is 21.9. The monoisotopic (exact) mass is 601 g/mol. The molecule has 9 nitrogen and oxygen atoms in total. The molecule has 0 unspecified atom stereocenters. The first-order valence-corrected chi connectivity index (χ1v) is 12.1. The third-order valence-corrected chi connectivity index (χ3v) is 6.16. The maximum absolute atomic E-state index is 13.3. The number of barbiturate groups is 1. The van der Waals surface area contributed by atoms with Gasteiger partial charge in [-0.1, -0.05) is 23.7 Å². The fraction of sp³-hybridized carbons (Fsp3) is 0.0769. The highest BCUT2D eigenvalue weighted by Crippen LogP contribution is 2.37. The summed E-state index contributed by atoms with van der Waals surface area (Å²) in [5.74, 6) is -2.40. The molecule has 3 aromatic carbocycles. The van der Waals surface area contributed by atoms with Crippen molar-refractivity contribution in [3.05, 3.63) is 87.1 Å². The topological polar surface area (TPSA) is 114 Å². The number of carbonyl (C=O) groups excluding carboxylic acids is 4. The number of carbonyl (C=O) groups is 4. The predicted octanol–water partition coefficient (Wildman–Crippen LogP) is 4.93. The van der Waals surface area contributed by atoms with Crippen LogP contribution in [0.1, 0.15) is 5.56 Å². The number of urea groups is 1. The van der Waals surface area contributed by atoms with Crippen LogP contribution in [0.25, 0.3) is 6.08 Å². The van der Waals surface area contributed by atoms with Gasteiger partial charge in [0.05, 0.1) is 28.0 Å². The van der Waals surface area contributed by atoms with Crippen molar-refractivity contribution in [3.8, 4) is 11.5 Å². The van der Waals surface area contributed by atoms with Gasteiger partial charge in [0, 0.05) is 0 Å². The summed E-state index contributed by atoms with van der Waals surface area (Å²) >= 11 is 9.41. The Kier molecular flexibility index (Phi) is 8.08. The fourth-order valence-electron chi connectivity index (χ4n) is 3.50. The Morgan fingerprint density at radius 3 is 2.53 bits per heavy atom. The number of ether oxygens (including phenoxy) is 2. The van der Waals surface area contributed by atoms with Crippen LogP contribution < -0.4 is 25.0 Å². The summed E-state index contributed by atoms with van der Waals surface area (Å²) in [5, 5.41) is 5.11. The second kappa shape index (κ2) is 11.4. The summed E-state index contributed by atoms with van der Waals surface area (Å²) in [6.07, 6.45) is 1.27. The zero-order chi connectivity index (χ0) is 27.4. The van der Waals surface area contributed by atoms with E-state index in [-0.39, 0.29) is 29.4 Å². The van der Waals surface area contributed by atoms with E-state index < -0.39 is 29.6 Å². The van der Waals surface area contributed by atoms with Crippen LogP contribution in [-0.4, -0.2) is 37.5 Å². The lowest BCUT2D eigenvalue weighted by Crippen LogP contribution is -2.54. The number of hydrogen-bond acceptors (Lipinski definition) is 6. The average Bonchev–Trinajstić information content (AvgIpc) is 2.88. The molecule has 5 amide bonds. The van der Waals surface area contributed by atoms with E-state index in [9.17, 15) is 23.6 Å². The minimum Gasteiger partial charge on any atom is -0.493 e. The van der Waals surface area contributed by atoms with Crippen LogP contribution in [0.15, 0.2) is 70.7 Å². The van der Waals surface area contributed by atoms with Gasteiger partial charge < -0.3 is 14.8 Å². The number of amides is 5. The summed E-state index contributed by atoms with van der Waals surface area (Å²) in [5.41, 5.74) is 0.536. The highest BCUT2D eigenvalue weighted by molar-refractivity contribution is 9.10. The zero-order valence-electron chi connectivity index (χ0n) is 19.6. The van der Waals surface area contributed by atoms with E-state index in [2.05, 4.69) is 26.6 Å². The quantitative estimate of drug-likeness (QED) is 0.293. The lowest BCUT2D eigenvalue weighted by molar-refractivity contribution is -0.122. The second-order valence-corrected chi connectivity index (χ2v) is 9.05. The number of anilines is 2. The standard InChI is InChI=1S/C26H18BrClFN3O6/c1-37-21-12-14(11-18(27)23(21)38-13-22(33)30-20-5-3-2-4-19(20)28)10-17-24(34)31-26(36)32(25(17)35)16-8-6-15(29)7-9-16/h2-12H,13H2,1H3,(H,30,33)(H,31,34,36)/b17-10+. The van der Waals surface area contributed by atoms with Crippen molar-refractivity contribution < 1.29 is 33.0 Å². The third-order valence-electron chi connectivity index (χ3n) is 5.24. The van der Waals surface area contributed by atoms with Gasteiger partial charge in [-0.25, -0.2) is 14.1 Å². The van der Waals surface area contributed by atoms with Crippen LogP contribution >= 0.6 is 27.5 Å². The first-order valence-electron chi connectivity index (χ1n) is 10.9. The molecular formula is C26H18BrClFN3O6. The highest BCUT2D eigenvalue weighted by Gasteiger charge is 2.37. The van der Waals surface area contributed by atoms with Crippen LogP contribution in [0.4, 0.5) is 20.6 Å². The van der Waals surface area contributed by atoms with Gasteiger partial charge in [0.15, 0.2) is 18.1 Å². The molecule has 0 aromatic heterocycles. The molecular weight excluding hydrogens is 585 g/mol. The van der Waals surface area contributed by atoms with E-state index in [0.29, 0.717) is 20.7 Å². The molecule has 0 bridgehead atoms. The number of para-hydroxylation sites is 1. The summed E-state index contributed by atoms with van der Waals surface area (Å²) in [4.78, 5) is 50.9. The first-order chi connectivity index (χ1) is 18.2. The Morgan fingerprint density at radius 2 is 1.84 bits per heavy atom. The third kappa shape index (κ3) is 5.84. The molecule has 1 fully saturated rings. The molecule has 2 N–H and O–H groups in total. The average molecular weight is 603 g/mol. The second-order valence-electron chi connectivity index (χ2n) is 7.79. The highest BCUT2D eigenvalue weighted by atomic mass is 79.9. The van der Waals surface area contributed by atoms with Crippen molar-refractivity contribution in [2.75, 3.05) is 23.9 Å². The first kappa shape index (κ1) is 26.8. The van der Waals surface area contributed by atoms with Crippen LogP contribution in [0, 0.1) is 5.82 Å². The van der Waals surface area contributed by atoms with Crippen LogP contribution in [0.5, 0.6) is 11.5 Å². The number of benzene rings is 3. The largest absolute Gasteiger partial charge is 0.493 e. The van der Waals surface area contributed by atoms with Crippen LogP contribution in [0.2, 0.25) is 5.02 Å². The smallest absolute Gasteiger partial charge is 0.335 e. The van der Waals surface area contributed by atoms with Crippen molar-refractivity contribution in [2.24, 2.45) is 0 Å². The number of rotatable bonds is 7. The Morgan fingerprint density at radius 1 is 1.13 bits per heavy atom. The number of nitrogens with one attached hydrogen (secondary N) is 2. The molecule has 1 saturated heterocycles. The number of nitrogens with zero attached hydrogens (tertiary/aromatic N) is 1. The molecule has 4 rings (SSSR count). The van der Waals surface area contributed by atoms with Gasteiger partial charge in [-0.05, 0) is 76.1 Å². The van der Waals surface area contributed by atoms with Crippen molar-refractivity contribution in [1.82, 2.24) is 5.32 Å². The molecule has 3 aromatic rings. The molecule has 0 saturated carbocycles. The predicted molar refractivity (Wildman–Crippen MR) is 142 cm³/mol. The molecule has 194 valence electrons. The molecule has 0 radical (unpaired) electrons. The van der Waals surface area contributed by atoms with E-state index in [4.69, 9.17) is 21.1 Å². The maximum atomic E-state index is 13.3. The maximum Gasteiger partial charge on any atom is 0.335 e. The Balaban J connectivity index is 1.56. The summed E-state index contributed by atoms with van der Waals surface area (Å²) in [7, 11) is 1.38. The van der Waals surface area contributed by atoms with Gasteiger partial charge in [0.2, 0.25) is 0 Å². The minimum atomic E-state index is -0.957. The Hall–Kier alpha value is -4.22. The summed E-state index contributed by atoms with van der Waals surface area (Å²) in [6.45, 7) is -0.365. The molecule has 1 aliphatic rings. The SMILES string of the molecule is COc1cc(/C=C2\C(=O)NC(=O)N(c3ccc(F)cc3)C2=O)cc(Br)c1OCC(=O)Nc1ccccc1Cl. The lowest BCUT2D eigenvalue weighted by Gasteiger charge is -2.26. The number of halogens is 3. The van der Waals surface area contributed by atoms with Crippen molar-refractivity contribution in [2.45, 2.75) is 0 Å².